The Morgan fingerprint density at radius 3 is 2.35 bits per heavy atom. The highest BCUT2D eigenvalue weighted by molar-refractivity contribution is 5.81. The number of hydrogen-bond acceptors (Lipinski definition) is 4. The van der Waals surface area contributed by atoms with E-state index in [4.69, 9.17) is 9.47 Å². The van der Waals surface area contributed by atoms with E-state index in [0.29, 0.717) is 6.42 Å². The maximum atomic E-state index is 11.9. The molecule has 0 radical (unpaired) electrons. The monoisotopic (exact) mass is 310 g/mol. The molecule has 0 aliphatic carbocycles. The highest BCUT2D eigenvalue weighted by Gasteiger charge is 2.34. The van der Waals surface area contributed by atoms with E-state index in [1.54, 1.807) is 6.92 Å². The zero-order valence-electron chi connectivity index (χ0n) is 12.9. The van der Waals surface area contributed by atoms with Crippen LogP contribution in [0.3, 0.4) is 0 Å². The quantitative estimate of drug-likeness (QED) is 0.814. The molecule has 1 saturated heterocycles. The van der Waals surface area contributed by atoms with Crippen molar-refractivity contribution in [2.75, 3.05) is 0 Å². The fourth-order valence-electron chi connectivity index (χ4n) is 2.63. The smallest absolute Gasteiger partial charge is 0.347 e. The first-order valence-electron chi connectivity index (χ1n) is 7.66. The molecule has 0 bridgehead atoms. The van der Waals surface area contributed by atoms with Crippen molar-refractivity contribution in [3.8, 4) is 11.1 Å². The second kappa shape index (κ2) is 6.65. The van der Waals surface area contributed by atoms with Crippen LogP contribution in [0.15, 0.2) is 54.6 Å². The first kappa shape index (κ1) is 15.3. The molecule has 0 aromatic heterocycles. The molecule has 2 aromatic rings. The van der Waals surface area contributed by atoms with Crippen molar-refractivity contribution in [3.63, 3.8) is 0 Å². The van der Waals surface area contributed by atoms with Crippen molar-refractivity contribution < 1.29 is 19.1 Å². The summed E-state index contributed by atoms with van der Waals surface area (Å²) in [6.07, 6.45) is -0.378. The Kier molecular flexibility index (Phi) is 4.42. The summed E-state index contributed by atoms with van der Waals surface area (Å²) in [5.41, 5.74) is 3.08. The Hall–Kier alpha value is -2.62. The molecule has 0 N–H and O–H groups in total. The summed E-state index contributed by atoms with van der Waals surface area (Å²) >= 11 is 0. The number of carbonyl (C=O) groups is 2. The van der Waals surface area contributed by atoms with Crippen molar-refractivity contribution in [1.82, 2.24) is 0 Å². The van der Waals surface area contributed by atoms with Crippen LogP contribution in [0.1, 0.15) is 18.9 Å². The average molecular weight is 310 g/mol. The van der Waals surface area contributed by atoms with E-state index in [9.17, 15) is 9.59 Å². The SMILES string of the molecule is C[C@H]1C[C@H](OC(=O)Cc2ccc(-c3ccccc3)cc2)C(=O)O1. The lowest BCUT2D eigenvalue weighted by Crippen LogP contribution is -2.23. The molecule has 2 aromatic carbocycles. The van der Waals surface area contributed by atoms with Crippen molar-refractivity contribution in [1.29, 1.82) is 0 Å². The molecule has 118 valence electrons. The molecule has 1 aliphatic rings. The number of hydrogen-bond donors (Lipinski definition) is 0. The van der Waals surface area contributed by atoms with Crippen molar-refractivity contribution in [2.24, 2.45) is 0 Å². The van der Waals surface area contributed by atoms with Crippen LogP contribution in [0.25, 0.3) is 11.1 Å². The lowest BCUT2D eigenvalue weighted by atomic mass is 10.0. The van der Waals surface area contributed by atoms with E-state index >= 15 is 0 Å². The van der Waals surface area contributed by atoms with Gasteiger partial charge in [-0.15, -0.1) is 0 Å². The van der Waals surface area contributed by atoms with Gasteiger partial charge in [-0.25, -0.2) is 4.79 Å². The molecule has 0 spiro atoms. The topological polar surface area (TPSA) is 52.6 Å². The molecule has 2 atom stereocenters. The van der Waals surface area contributed by atoms with Crippen molar-refractivity contribution >= 4 is 11.9 Å². The van der Waals surface area contributed by atoms with Crippen molar-refractivity contribution in [2.45, 2.75) is 32.0 Å². The van der Waals surface area contributed by atoms with Gasteiger partial charge in [-0.05, 0) is 23.6 Å². The van der Waals surface area contributed by atoms with Gasteiger partial charge in [0.1, 0.15) is 6.10 Å². The second-order valence-corrected chi connectivity index (χ2v) is 5.70. The van der Waals surface area contributed by atoms with Crippen LogP contribution in [-0.4, -0.2) is 24.1 Å². The minimum Gasteiger partial charge on any atom is -0.460 e. The summed E-state index contributed by atoms with van der Waals surface area (Å²) in [7, 11) is 0. The first-order valence-corrected chi connectivity index (χ1v) is 7.66. The fourth-order valence-corrected chi connectivity index (χ4v) is 2.63. The lowest BCUT2D eigenvalue weighted by molar-refractivity contribution is -0.160. The van der Waals surface area contributed by atoms with Crippen LogP contribution in [-0.2, 0) is 25.5 Å². The van der Waals surface area contributed by atoms with E-state index < -0.39 is 18.0 Å². The molecular formula is C19H18O4. The second-order valence-electron chi connectivity index (χ2n) is 5.70. The third-order valence-corrected chi connectivity index (χ3v) is 3.81. The van der Waals surface area contributed by atoms with Crippen LogP contribution in [0.4, 0.5) is 0 Å². The Labute approximate surface area is 135 Å². The number of esters is 2. The van der Waals surface area contributed by atoms with Gasteiger partial charge in [0.05, 0.1) is 6.42 Å². The molecule has 0 saturated carbocycles. The van der Waals surface area contributed by atoms with Gasteiger partial charge in [0.25, 0.3) is 0 Å². The van der Waals surface area contributed by atoms with Gasteiger partial charge in [-0.1, -0.05) is 54.6 Å². The van der Waals surface area contributed by atoms with Gasteiger partial charge in [0, 0.05) is 6.42 Å². The molecule has 23 heavy (non-hydrogen) atoms. The maximum absolute atomic E-state index is 11.9. The number of cyclic esters (lactones) is 1. The minimum absolute atomic E-state index is 0.146. The summed E-state index contributed by atoms with van der Waals surface area (Å²) < 4.78 is 10.2. The molecule has 0 unspecified atom stereocenters. The van der Waals surface area contributed by atoms with E-state index in [2.05, 4.69) is 0 Å². The van der Waals surface area contributed by atoms with E-state index in [0.717, 1.165) is 16.7 Å². The summed E-state index contributed by atoms with van der Waals surface area (Å²) in [4.78, 5) is 23.4. The maximum Gasteiger partial charge on any atom is 0.347 e. The summed E-state index contributed by atoms with van der Waals surface area (Å²) in [5, 5.41) is 0. The number of rotatable bonds is 4. The van der Waals surface area contributed by atoms with Crippen LogP contribution in [0.2, 0.25) is 0 Å². The van der Waals surface area contributed by atoms with Gasteiger partial charge in [-0.3, -0.25) is 4.79 Å². The largest absolute Gasteiger partial charge is 0.460 e. The zero-order chi connectivity index (χ0) is 16.2. The zero-order valence-corrected chi connectivity index (χ0v) is 12.9. The Morgan fingerprint density at radius 1 is 1.09 bits per heavy atom. The molecule has 0 amide bonds. The van der Waals surface area contributed by atoms with Gasteiger partial charge < -0.3 is 9.47 Å². The minimum atomic E-state index is -0.763. The molecule has 4 nitrogen and oxygen atoms in total. The molecule has 4 heteroatoms. The predicted molar refractivity (Wildman–Crippen MR) is 85.6 cm³/mol. The Balaban J connectivity index is 1.60. The summed E-state index contributed by atoms with van der Waals surface area (Å²) in [6, 6.07) is 17.8. The summed E-state index contributed by atoms with van der Waals surface area (Å²) in [6.45, 7) is 1.79. The van der Waals surface area contributed by atoms with Gasteiger partial charge in [0.15, 0.2) is 0 Å². The molecular weight excluding hydrogens is 292 g/mol. The number of carbonyl (C=O) groups excluding carboxylic acids is 2. The molecule has 1 aliphatic heterocycles. The average Bonchev–Trinajstić information content (AvgIpc) is 2.86. The van der Waals surface area contributed by atoms with Gasteiger partial charge in [0.2, 0.25) is 6.10 Å². The Bertz CT molecular complexity index is 691. The summed E-state index contributed by atoms with van der Waals surface area (Å²) in [5.74, 6) is -0.862. The standard InChI is InChI=1S/C19H18O4/c1-13-11-17(19(21)22-13)23-18(20)12-14-7-9-16(10-8-14)15-5-3-2-4-6-15/h2-10,13,17H,11-12H2,1H3/t13-,17-/m0/s1. The van der Waals surface area contributed by atoms with Crippen LogP contribution >= 0.6 is 0 Å². The molecule has 1 fully saturated rings. The van der Waals surface area contributed by atoms with E-state index in [1.165, 1.54) is 0 Å². The highest BCUT2D eigenvalue weighted by atomic mass is 16.6. The van der Waals surface area contributed by atoms with E-state index in [-0.39, 0.29) is 12.5 Å². The molecule has 1 heterocycles. The van der Waals surface area contributed by atoms with Crippen LogP contribution < -0.4 is 0 Å². The third-order valence-electron chi connectivity index (χ3n) is 3.81. The van der Waals surface area contributed by atoms with Crippen LogP contribution in [0, 0.1) is 0 Å². The number of benzene rings is 2. The highest BCUT2D eigenvalue weighted by Crippen LogP contribution is 2.21. The predicted octanol–water partition coefficient (Wildman–Crippen LogP) is 3.14. The lowest BCUT2D eigenvalue weighted by Gasteiger charge is -2.09. The fraction of sp³-hybridized carbons (Fsp3) is 0.263. The van der Waals surface area contributed by atoms with Crippen molar-refractivity contribution in [3.05, 3.63) is 60.2 Å². The van der Waals surface area contributed by atoms with Gasteiger partial charge in [-0.2, -0.15) is 0 Å². The third kappa shape index (κ3) is 3.77. The first-order chi connectivity index (χ1) is 11.1. The van der Waals surface area contributed by atoms with E-state index in [1.807, 2.05) is 54.6 Å². The normalized spacial score (nSPS) is 20.1. The molecule has 3 rings (SSSR count). The van der Waals surface area contributed by atoms with Gasteiger partial charge >= 0.3 is 11.9 Å². The Morgan fingerprint density at radius 2 is 1.74 bits per heavy atom. The van der Waals surface area contributed by atoms with Crippen LogP contribution in [0.5, 0.6) is 0 Å². The number of ether oxygens (including phenoxy) is 2.